The molecule has 0 atom stereocenters. The van der Waals surface area contributed by atoms with Crippen molar-refractivity contribution in [3.05, 3.63) is 52.9 Å². The van der Waals surface area contributed by atoms with Crippen LogP contribution in [-0.2, 0) is 6.54 Å². The van der Waals surface area contributed by atoms with Crippen LogP contribution in [0.25, 0.3) is 0 Å². The molecule has 106 valence electrons. The zero-order valence-electron chi connectivity index (χ0n) is 11.3. The van der Waals surface area contributed by atoms with Gasteiger partial charge >= 0.3 is 0 Å². The fourth-order valence-electron chi connectivity index (χ4n) is 1.99. The summed E-state index contributed by atoms with van der Waals surface area (Å²) in [7, 11) is 0. The number of para-hydroxylation sites is 1. The molecule has 0 aliphatic rings. The predicted octanol–water partition coefficient (Wildman–Crippen LogP) is 3.57. The molecule has 2 rings (SSSR count). The summed E-state index contributed by atoms with van der Waals surface area (Å²) < 4.78 is 5.18. The number of anilines is 1. The van der Waals surface area contributed by atoms with Gasteiger partial charge in [0, 0.05) is 18.8 Å². The highest BCUT2D eigenvalue weighted by Crippen LogP contribution is 2.18. The van der Waals surface area contributed by atoms with Crippen LogP contribution in [0.3, 0.4) is 0 Å². The molecular formula is C15H17ClN2O2. The van der Waals surface area contributed by atoms with E-state index in [2.05, 4.69) is 0 Å². The van der Waals surface area contributed by atoms with E-state index in [1.54, 1.807) is 17.0 Å². The number of nitrogens with two attached hydrogens (primary N) is 1. The number of hydrogen-bond acceptors (Lipinski definition) is 3. The van der Waals surface area contributed by atoms with Crippen LogP contribution in [0.4, 0.5) is 5.69 Å². The van der Waals surface area contributed by atoms with Crippen molar-refractivity contribution in [2.45, 2.75) is 19.9 Å². The molecule has 0 spiro atoms. The van der Waals surface area contributed by atoms with E-state index >= 15 is 0 Å². The van der Waals surface area contributed by atoms with Gasteiger partial charge in [-0.1, -0.05) is 25.1 Å². The van der Waals surface area contributed by atoms with Crippen molar-refractivity contribution in [2.24, 2.45) is 0 Å². The zero-order valence-corrected chi connectivity index (χ0v) is 12.1. The highest BCUT2D eigenvalue weighted by atomic mass is 35.5. The summed E-state index contributed by atoms with van der Waals surface area (Å²) in [6, 6.07) is 10.7. The summed E-state index contributed by atoms with van der Waals surface area (Å²) in [5.41, 5.74) is 7.53. The topological polar surface area (TPSA) is 59.5 Å². The van der Waals surface area contributed by atoms with E-state index in [0.29, 0.717) is 18.8 Å². The molecule has 0 aliphatic heterocycles. The lowest BCUT2D eigenvalue weighted by Gasteiger charge is -2.21. The average Bonchev–Trinajstić information content (AvgIpc) is 2.86. The van der Waals surface area contributed by atoms with E-state index in [9.17, 15) is 4.79 Å². The molecule has 0 radical (unpaired) electrons. The summed E-state index contributed by atoms with van der Waals surface area (Å²) in [6.45, 7) is 3.10. The molecule has 0 saturated carbocycles. The number of hydrogen-bond donors (Lipinski definition) is 1. The van der Waals surface area contributed by atoms with Gasteiger partial charge < -0.3 is 15.1 Å². The number of carbonyl (C=O) groups excluding carboxylic acids is 1. The smallest absolute Gasteiger partial charge is 0.289 e. The second-order valence-corrected chi connectivity index (χ2v) is 4.90. The normalized spacial score (nSPS) is 10.5. The molecule has 20 heavy (non-hydrogen) atoms. The van der Waals surface area contributed by atoms with Gasteiger partial charge in [-0.15, -0.1) is 0 Å². The monoisotopic (exact) mass is 292 g/mol. The van der Waals surface area contributed by atoms with Gasteiger partial charge in [0.1, 0.15) is 0 Å². The highest BCUT2D eigenvalue weighted by Gasteiger charge is 2.19. The first-order chi connectivity index (χ1) is 9.61. The first kappa shape index (κ1) is 14.5. The van der Waals surface area contributed by atoms with Crippen LogP contribution < -0.4 is 5.73 Å². The number of furan rings is 1. The maximum Gasteiger partial charge on any atom is 0.289 e. The Morgan fingerprint density at radius 2 is 2.05 bits per heavy atom. The van der Waals surface area contributed by atoms with Crippen LogP contribution in [0.15, 0.2) is 40.8 Å². The Morgan fingerprint density at radius 1 is 1.30 bits per heavy atom. The minimum atomic E-state index is -0.179. The second-order valence-electron chi connectivity index (χ2n) is 4.53. The minimum Gasteiger partial charge on any atom is -0.440 e. The molecule has 1 amide bonds. The van der Waals surface area contributed by atoms with E-state index in [1.165, 1.54) is 0 Å². The standard InChI is InChI=1S/C15H17ClN2O2/c1-2-9-18(10-11-5-3-4-6-12(11)17)15(19)13-7-8-14(16)20-13/h3-8H,2,9-10,17H2,1H3. The number of nitrogen functional groups attached to an aromatic ring is 1. The summed E-state index contributed by atoms with van der Waals surface area (Å²) in [5, 5.41) is 0.212. The van der Waals surface area contributed by atoms with Crippen molar-refractivity contribution < 1.29 is 9.21 Å². The molecule has 1 aromatic carbocycles. The Kier molecular flexibility index (Phi) is 4.69. The van der Waals surface area contributed by atoms with Crippen molar-refractivity contribution in [3.63, 3.8) is 0 Å². The van der Waals surface area contributed by atoms with Gasteiger partial charge in [0.15, 0.2) is 11.0 Å². The van der Waals surface area contributed by atoms with E-state index in [4.69, 9.17) is 21.8 Å². The third-order valence-corrected chi connectivity index (χ3v) is 3.18. The SMILES string of the molecule is CCCN(Cc1ccccc1N)C(=O)c1ccc(Cl)o1. The number of halogens is 1. The Bertz CT molecular complexity index is 595. The van der Waals surface area contributed by atoms with Crippen molar-refractivity contribution >= 4 is 23.2 Å². The number of nitrogens with zero attached hydrogens (tertiary/aromatic N) is 1. The summed E-state index contributed by atoms with van der Waals surface area (Å²) in [6.07, 6.45) is 0.854. The Morgan fingerprint density at radius 3 is 2.65 bits per heavy atom. The number of amides is 1. The molecule has 1 heterocycles. The van der Waals surface area contributed by atoms with Gasteiger partial charge in [0.05, 0.1) is 0 Å². The fraction of sp³-hybridized carbons (Fsp3) is 0.267. The largest absolute Gasteiger partial charge is 0.440 e. The number of benzene rings is 1. The van der Waals surface area contributed by atoms with Crippen LogP contribution >= 0.6 is 11.6 Å². The molecule has 5 heteroatoms. The van der Waals surface area contributed by atoms with Crippen molar-refractivity contribution in [3.8, 4) is 0 Å². The quantitative estimate of drug-likeness (QED) is 0.857. The first-order valence-electron chi connectivity index (χ1n) is 6.49. The van der Waals surface area contributed by atoms with E-state index in [0.717, 1.165) is 12.0 Å². The molecule has 0 unspecified atom stereocenters. The lowest BCUT2D eigenvalue weighted by atomic mass is 10.1. The van der Waals surface area contributed by atoms with Crippen LogP contribution in [0.2, 0.25) is 5.22 Å². The zero-order chi connectivity index (χ0) is 14.5. The molecule has 0 saturated heterocycles. The lowest BCUT2D eigenvalue weighted by molar-refractivity contribution is 0.0711. The summed E-state index contributed by atoms with van der Waals surface area (Å²) in [4.78, 5) is 14.1. The van der Waals surface area contributed by atoms with Crippen LogP contribution in [0.1, 0.15) is 29.5 Å². The first-order valence-corrected chi connectivity index (χ1v) is 6.87. The van der Waals surface area contributed by atoms with Gasteiger partial charge in [0.25, 0.3) is 5.91 Å². The highest BCUT2D eigenvalue weighted by molar-refractivity contribution is 6.29. The third kappa shape index (κ3) is 3.33. The van der Waals surface area contributed by atoms with E-state index in [-0.39, 0.29) is 16.9 Å². The van der Waals surface area contributed by atoms with Gasteiger partial charge in [-0.2, -0.15) is 0 Å². The van der Waals surface area contributed by atoms with Crippen molar-refractivity contribution in [1.29, 1.82) is 0 Å². The Balaban J connectivity index is 2.19. The van der Waals surface area contributed by atoms with Gasteiger partial charge in [0.2, 0.25) is 0 Å². The average molecular weight is 293 g/mol. The van der Waals surface area contributed by atoms with Crippen LogP contribution in [-0.4, -0.2) is 17.4 Å². The summed E-state index contributed by atoms with van der Waals surface area (Å²) >= 11 is 5.71. The second kappa shape index (κ2) is 6.48. The Hall–Kier alpha value is -1.94. The van der Waals surface area contributed by atoms with Crippen molar-refractivity contribution in [2.75, 3.05) is 12.3 Å². The van der Waals surface area contributed by atoms with Gasteiger partial charge in [-0.05, 0) is 41.8 Å². The van der Waals surface area contributed by atoms with Gasteiger partial charge in [-0.3, -0.25) is 4.79 Å². The lowest BCUT2D eigenvalue weighted by Crippen LogP contribution is -2.31. The molecule has 2 aromatic rings. The molecule has 4 nitrogen and oxygen atoms in total. The summed E-state index contributed by atoms with van der Waals surface area (Å²) in [5.74, 6) is 0.0694. The van der Waals surface area contributed by atoms with Crippen molar-refractivity contribution in [1.82, 2.24) is 4.90 Å². The maximum atomic E-state index is 12.4. The molecule has 0 aliphatic carbocycles. The fourth-order valence-corrected chi connectivity index (χ4v) is 2.14. The van der Waals surface area contributed by atoms with Gasteiger partial charge in [-0.25, -0.2) is 0 Å². The Labute approximate surface area is 123 Å². The third-order valence-electron chi connectivity index (χ3n) is 2.98. The maximum absolute atomic E-state index is 12.4. The molecular weight excluding hydrogens is 276 g/mol. The van der Waals surface area contributed by atoms with E-state index < -0.39 is 0 Å². The number of carbonyl (C=O) groups is 1. The molecule has 1 aromatic heterocycles. The predicted molar refractivity (Wildman–Crippen MR) is 79.6 cm³/mol. The van der Waals surface area contributed by atoms with Crippen LogP contribution in [0.5, 0.6) is 0 Å². The molecule has 2 N–H and O–H groups in total. The number of rotatable bonds is 5. The molecule has 0 bridgehead atoms. The van der Waals surface area contributed by atoms with E-state index in [1.807, 2.05) is 31.2 Å². The van der Waals surface area contributed by atoms with Crippen LogP contribution in [0, 0.1) is 0 Å². The minimum absolute atomic E-state index is 0.179. The molecule has 0 fully saturated rings.